The molecule has 2 nitrogen and oxygen atoms in total. The first kappa shape index (κ1) is 14.8. The van der Waals surface area contributed by atoms with Gasteiger partial charge in [0.1, 0.15) is 5.82 Å². The van der Waals surface area contributed by atoms with E-state index in [1.54, 1.807) is 0 Å². The fourth-order valence-electron chi connectivity index (χ4n) is 1.26. The topological polar surface area (TPSA) is 20.3 Å². The number of carbonyl (C=O) groups excluding carboxylic acids is 1. The first-order valence-corrected chi connectivity index (χ1v) is 5.36. The average molecular weight is 284 g/mol. The van der Waals surface area contributed by atoms with Crippen molar-refractivity contribution in [3.8, 4) is 0 Å². The van der Waals surface area contributed by atoms with Crippen LogP contribution in [0, 0.1) is 5.82 Å². The minimum absolute atomic E-state index is 0.143. The molecule has 1 aromatic rings. The molecule has 0 fully saturated rings. The lowest BCUT2D eigenvalue weighted by Crippen LogP contribution is -2.31. The molecule has 0 heterocycles. The second kappa shape index (κ2) is 5.56. The lowest BCUT2D eigenvalue weighted by atomic mass is 10.2. The van der Waals surface area contributed by atoms with Crippen molar-refractivity contribution in [3.05, 3.63) is 34.6 Å². The molecule has 0 aromatic heterocycles. The largest absolute Gasteiger partial charge is 0.390 e. The molecule has 1 aromatic carbocycles. The highest BCUT2D eigenvalue weighted by molar-refractivity contribution is 6.30. The quantitative estimate of drug-likeness (QED) is 0.778. The van der Waals surface area contributed by atoms with Crippen LogP contribution in [0.25, 0.3) is 0 Å². The van der Waals surface area contributed by atoms with Crippen molar-refractivity contribution in [2.75, 3.05) is 13.6 Å². The lowest BCUT2D eigenvalue weighted by molar-refractivity contribution is -0.136. The first-order chi connectivity index (χ1) is 8.20. The van der Waals surface area contributed by atoms with Gasteiger partial charge in [-0.1, -0.05) is 11.6 Å². The zero-order valence-corrected chi connectivity index (χ0v) is 10.1. The molecule has 0 aliphatic rings. The Morgan fingerprint density at radius 3 is 2.56 bits per heavy atom. The predicted molar refractivity (Wildman–Crippen MR) is 59.0 cm³/mol. The van der Waals surface area contributed by atoms with E-state index in [0.717, 1.165) is 17.0 Å². The van der Waals surface area contributed by atoms with Gasteiger partial charge in [-0.25, -0.2) is 4.39 Å². The SMILES string of the molecule is CN(CCC(F)(F)F)C(=O)c1cc(Cl)ccc1F. The van der Waals surface area contributed by atoms with Gasteiger partial charge in [0.05, 0.1) is 12.0 Å². The Hall–Kier alpha value is -1.30. The fraction of sp³-hybridized carbons (Fsp3) is 0.364. The molecule has 0 unspecified atom stereocenters. The summed E-state index contributed by atoms with van der Waals surface area (Å²) in [6, 6.07) is 3.33. The average Bonchev–Trinajstić information content (AvgIpc) is 2.27. The number of amides is 1. The maximum absolute atomic E-state index is 13.3. The fourth-order valence-corrected chi connectivity index (χ4v) is 1.44. The molecule has 0 aliphatic carbocycles. The van der Waals surface area contributed by atoms with Crippen LogP contribution in [0.15, 0.2) is 18.2 Å². The molecule has 0 saturated carbocycles. The predicted octanol–water partition coefficient (Wildman–Crippen LogP) is 3.50. The highest BCUT2D eigenvalue weighted by Gasteiger charge is 2.28. The number of nitrogens with zero attached hydrogens (tertiary/aromatic N) is 1. The van der Waals surface area contributed by atoms with Gasteiger partial charge in [0, 0.05) is 18.6 Å². The number of benzene rings is 1. The van der Waals surface area contributed by atoms with E-state index in [9.17, 15) is 22.4 Å². The van der Waals surface area contributed by atoms with E-state index in [1.165, 1.54) is 13.1 Å². The maximum Gasteiger partial charge on any atom is 0.390 e. The number of rotatable bonds is 3. The molecule has 0 bridgehead atoms. The molecule has 100 valence electrons. The van der Waals surface area contributed by atoms with Gasteiger partial charge in [0.2, 0.25) is 0 Å². The van der Waals surface area contributed by atoms with Crippen LogP contribution in [0.5, 0.6) is 0 Å². The van der Waals surface area contributed by atoms with Crippen molar-refractivity contribution < 1.29 is 22.4 Å². The minimum Gasteiger partial charge on any atom is -0.341 e. The number of hydrogen-bond donors (Lipinski definition) is 0. The molecule has 0 aliphatic heterocycles. The zero-order valence-electron chi connectivity index (χ0n) is 9.39. The van der Waals surface area contributed by atoms with Crippen molar-refractivity contribution in [1.29, 1.82) is 0 Å². The van der Waals surface area contributed by atoms with Gasteiger partial charge < -0.3 is 4.90 Å². The van der Waals surface area contributed by atoms with Crippen molar-refractivity contribution >= 4 is 17.5 Å². The highest BCUT2D eigenvalue weighted by Crippen LogP contribution is 2.21. The Morgan fingerprint density at radius 2 is 2.00 bits per heavy atom. The summed E-state index contributed by atoms with van der Waals surface area (Å²) in [7, 11) is 1.18. The van der Waals surface area contributed by atoms with Gasteiger partial charge in [-0.15, -0.1) is 0 Å². The van der Waals surface area contributed by atoms with Crippen LogP contribution < -0.4 is 0 Å². The Morgan fingerprint density at radius 1 is 1.39 bits per heavy atom. The Labute approximate surface area is 106 Å². The van der Waals surface area contributed by atoms with E-state index >= 15 is 0 Å². The van der Waals surface area contributed by atoms with Crippen molar-refractivity contribution in [1.82, 2.24) is 4.90 Å². The second-order valence-electron chi connectivity index (χ2n) is 3.72. The maximum atomic E-state index is 13.3. The van der Waals surface area contributed by atoms with E-state index < -0.39 is 30.9 Å². The summed E-state index contributed by atoms with van der Waals surface area (Å²) in [5, 5.41) is 0.143. The molecular formula is C11H10ClF4NO. The molecule has 0 radical (unpaired) electrons. The molecule has 0 saturated heterocycles. The summed E-state index contributed by atoms with van der Waals surface area (Å²) < 4.78 is 49.3. The number of halogens is 5. The van der Waals surface area contributed by atoms with Crippen LogP contribution in [0.3, 0.4) is 0 Å². The zero-order chi connectivity index (χ0) is 13.9. The van der Waals surface area contributed by atoms with Crippen molar-refractivity contribution in [2.45, 2.75) is 12.6 Å². The van der Waals surface area contributed by atoms with E-state index in [-0.39, 0.29) is 10.6 Å². The van der Waals surface area contributed by atoms with Gasteiger partial charge in [0.25, 0.3) is 5.91 Å². The van der Waals surface area contributed by atoms with Crippen LogP contribution in [0.2, 0.25) is 5.02 Å². The third-order valence-electron chi connectivity index (χ3n) is 2.24. The third kappa shape index (κ3) is 4.18. The van der Waals surface area contributed by atoms with Crippen LogP contribution in [0.1, 0.15) is 16.8 Å². The van der Waals surface area contributed by atoms with Crippen LogP contribution in [-0.4, -0.2) is 30.6 Å². The summed E-state index contributed by atoms with van der Waals surface area (Å²) in [6.07, 6.45) is -5.50. The first-order valence-electron chi connectivity index (χ1n) is 4.98. The standard InChI is InChI=1S/C11H10ClF4NO/c1-17(5-4-11(14,15)16)10(18)8-6-7(12)2-3-9(8)13/h2-3,6H,4-5H2,1H3. The molecule has 0 spiro atoms. The second-order valence-corrected chi connectivity index (χ2v) is 4.15. The molecular weight excluding hydrogens is 274 g/mol. The number of carbonyl (C=O) groups is 1. The lowest BCUT2D eigenvalue weighted by Gasteiger charge is -2.18. The van der Waals surface area contributed by atoms with Gasteiger partial charge in [-0.3, -0.25) is 4.79 Å². The molecule has 18 heavy (non-hydrogen) atoms. The van der Waals surface area contributed by atoms with Crippen LogP contribution >= 0.6 is 11.6 Å². The summed E-state index contributed by atoms with van der Waals surface area (Å²) in [4.78, 5) is 12.5. The normalized spacial score (nSPS) is 11.4. The monoisotopic (exact) mass is 283 g/mol. The molecule has 0 N–H and O–H groups in total. The van der Waals surface area contributed by atoms with E-state index in [2.05, 4.69) is 0 Å². The summed E-state index contributed by atoms with van der Waals surface area (Å²) in [5.41, 5.74) is -0.341. The third-order valence-corrected chi connectivity index (χ3v) is 2.47. The molecule has 1 rings (SSSR count). The van der Waals surface area contributed by atoms with E-state index in [1.807, 2.05) is 0 Å². The van der Waals surface area contributed by atoms with Crippen LogP contribution in [0.4, 0.5) is 17.6 Å². The van der Waals surface area contributed by atoms with Crippen molar-refractivity contribution in [2.24, 2.45) is 0 Å². The highest BCUT2D eigenvalue weighted by atomic mass is 35.5. The summed E-state index contributed by atoms with van der Waals surface area (Å²) in [5.74, 6) is -1.65. The van der Waals surface area contributed by atoms with Gasteiger partial charge in [-0.2, -0.15) is 13.2 Å². The van der Waals surface area contributed by atoms with Gasteiger partial charge in [-0.05, 0) is 18.2 Å². The van der Waals surface area contributed by atoms with E-state index in [0.29, 0.717) is 0 Å². The Kier molecular flexibility index (Phi) is 4.56. The number of alkyl halides is 3. The van der Waals surface area contributed by atoms with Gasteiger partial charge >= 0.3 is 6.18 Å². The molecule has 1 amide bonds. The summed E-state index contributed by atoms with van der Waals surface area (Å²) in [6.45, 7) is -0.533. The Balaban J connectivity index is 2.77. The minimum atomic E-state index is -4.36. The van der Waals surface area contributed by atoms with Crippen molar-refractivity contribution in [3.63, 3.8) is 0 Å². The molecule has 0 atom stereocenters. The van der Waals surface area contributed by atoms with Gasteiger partial charge in [0.15, 0.2) is 0 Å². The van der Waals surface area contributed by atoms with E-state index in [4.69, 9.17) is 11.6 Å². The summed E-state index contributed by atoms with van der Waals surface area (Å²) >= 11 is 5.60. The van der Waals surface area contributed by atoms with Crippen LogP contribution in [-0.2, 0) is 0 Å². The number of hydrogen-bond acceptors (Lipinski definition) is 1. The Bertz CT molecular complexity index is 447. The smallest absolute Gasteiger partial charge is 0.341 e. The molecule has 7 heteroatoms.